The van der Waals surface area contributed by atoms with Crippen molar-refractivity contribution < 1.29 is 14.3 Å². The number of ether oxygens (including phenoxy) is 1. The van der Waals surface area contributed by atoms with Crippen molar-refractivity contribution in [1.29, 1.82) is 0 Å². The van der Waals surface area contributed by atoms with E-state index in [0.717, 1.165) is 5.56 Å². The van der Waals surface area contributed by atoms with E-state index in [0.29, 0.717) is 46.0 Å². The summed E-state index contributed by atoms with van der Waals surface area (Å²) < 4.78 is 6.79. The SMILES string of the molecule is O=C(Oc1c(Br)cc(Br)cc1C=NNC(=O)c1[nH]c2cc(Cl)cc(Cl)c2c1-c1ccccc1)c1ccc(Cl)cc1Cl. The molecular formula is C29H15Br2Cl4N3O3. The summed E-state index contributed by atoms with van der Waals surface area (Å²) in [7, 11) is 0. The number of rotatable bonds is 6. The van der Waals surface area contributed by atoms with Gasteiger partial charge in [-0.25, -0.2) is 10.2 Å². The van der Waals surface area contributed by atoms with Crippen molar-refractivity contribution in [2.45, 2.75) is 0 Å². The average molecular weight is 755 g/mol. The molecular weight excluding hydrogens is 740 g/mol. The van der Waals surface area contributed by atoms with Crippen molar-refractivity contribution >= 4 is 107 Å². The van der Waals surface area contributed by atoms with E-state index in [1.165, 1.54) is 24.4 Å². The van der Waals surface area contributed by atoms with Crippen LogP contribution in [0.5, 0.6) is 5.75 Å². The Hall–Kier alpha value is -2.85. The van der Waals surface area contributed by atoms with Gasteiger partial charge in [-0.3, -0.25) is 4.79 Å². The normalized spacial score (nSPS) is 11.3. The first-order chi connectivity index (χ1) is 19.6. The number of H-pyrrole nitrogens is 1. The fourth-order valence-electron chi connectivity index (χ4n) is 4.12. The smallest absolute Gasteiger partial charge is 0.345 e. The third-order valence-corrected chi connectivity index (χ3v) is 7.97. The summed E-state index contributed by atoms with van der Waals surface area (Å²) in [5.41, 5.74) is 5.28. The van der Waals surface area contributed by atoms with E-state index < -0.39 is 11.9 Å². The minimum Gasteiger partial charge on any atom is -0.421 e. The molecule has 0 aliphatic heterocycles. The quantitative estimate of drug-likeness (QED) is 0.0784. The van der Waals surface area contributed by atoms with Crippen LogP contribution in [0.25, 0.3) is 22.0 Å². The van der Waals surface area contributed by atoms with Gasteiger partial charge in [0.1, 0.15) is 5.69 Å². The summed E-state index contributed by atoms with van der Waals surface area (Å²) in [6.45, 7) is 0. The number of carbonyl (C=O) groups excluding carboxylic acids is 2. The molecule has 0 atom stereocenters. The number of fused-ring (bicyclic) bond motifs is 1. The number of hydrogen-bond donors (Lipinski definition) is 2. The Morgan fingerprint density at radius 1 is 0.878 bits per heavy atom. The highest BCUT2D eigenvalue weighted by Crippen LogP contribution is 2.39. The molecule has 0 aliphatic rings. The molecule has 206 valence electrons. The van der Waals surface area contributed by atoms with E-state index in [1.54, 1.807) is 24.3 Å². The second-order valence-corrected chi connectivity index (χ2v) is 12.0. The molecule has 1 amide bonds. The monoisotopic (exact) mass is 751 g/mol. The Bertz CT molecular complexity index is 1860. The van der Waals surface area contributed by atoms with Crippen LogP contribution in [0.15, 0.2) is 86.8 Å². The van der Waals surface area contributed by atoms with E-state index in [9.17, 15) is 9.59 Å². The number of amides is 1. The maximum Gasteiger partial charge on any atom is 0.345 e. The van der Waals surface area contributed by atoms with Gasteiger partial charge in [0.05, 0.1) is 26.3 Å². The highest BCUT2D eigenvalue weighted by atomic mass is 79.9. The van der Waals surface area contributed by atoms with Gasteiger partial charge in [-0.2, -0.15) is 5.10 Å². The van der Waals surface area contributed by atoms with Gasteiger partial charge < -0.3 is 9.72 Å². The second-order valence-electron chi connectivity index (χ2n) is 8.57. The van der Waals surface area contributed by atoms with Gasteiger partial charge >= 0.3 is 5.97 Å². The molecule has 5 rings (SSSR count). The molecule has 4 aromatic carbocycles. The maximum atomic E-state index is 13.4. The number of nitrogens with zero attached hydrogens (tertiary/aromatic N) is 1. The van der Waals surface area contributed by atoms with Crippen molar-refractivity contribution in [3.8, 4) is 16.9 Å². The van der Waals surface area contributed by atoms with Crippen LogP contribution in [0.2, 0.25) is 20.1 Å². The maximum absolute atomic E-state index is 13.4. The van der Waals surface area contributed by atoms with Gasteiger partial charge in [0.25, 0.3) is 5.91 Å². The molecule has 0 fully saturated rings. The van der Waals surface area contributed by atoms with E-state index in [1.807, 2.05) is 30.3 Å². The Morgan fingerprint density at radius 2 is 1.61 bits per heavy atom. The Morgan fingerprint density at radius 3 is 2.34 bits per heavy atom. The van der Waals surface area contributed by atoms with Gasteiger partial charge in [-0.15, -0.1) is 0 Å². The van der Waals surface area contributed by atoms with Gasteiger partial charge in [0.2, 0.25) is 0 Å². The molecule has 1 aromatic heterocycles. The minimum atomic E-state index is -0.700. The zero-order valence-corrected chi connectivity index (χ0v) is 26.6. The largest absolute Gasteiger partial charge is 0.421 e. The summed E-state index contributed by atoms with van der Waals surface area (Å²) in [6.07, 6.45) is 1.36. The lowest BCUT2D eigenvalue weighted by Crippen LogP contribution is -2.19. The van der Waals surface area contributed by atoms with E-state index in [2.05, 4.69) is 47.4 Å². The van der Waals surface area contributed by atoms with Gasteiger partial charge in [0, 0.05) is 36.5 Å². The molecule has 0 saturated carbocycles. The molecule has 0 radical (unpaired) electrons. The van der Waals surface area contributed by atoms with E-state index >= 15 is 0 Å². The number of aromatic nitrogens is 1. The van der Waals surface area contributed by atoms with Crippen LogP contribution in [0.3, 0.4) is 0 Å². The first-order valence-corrected chi connectivity index (χ1v) is 14.8. The minimum absolute atomic E-state index is 0.132. The Balaban J connectivity index is 1.46. The zero-order chi connectivity index (χ0) is 29.3. The fraction of sp³-hybridized carbons (Fsp3) is 0. The van der Waals surface area contributed by atoms with Crippen LogP contribution in [0.1, 0.15) is 26.4 Å². The third-order valence-electron chi connectivity index (χ3n) is 5.86. The standard InChI is InChI=1S/C29H15Br2Cl4N3O3/c30-16-8-15(27(20(31)9-16)41-29(40)19-7-6-17(32)10-21(19)34)13-36-38-28(39)26-24(14-4-2-1-3-5-14)25-22(35)11-18(33)12-23(25)37-26/h1-13,37H,(H,38,39). The molecule has 41 heavy (non-hydrogen) atoms. The van der Waals surface area contributed by atoms with E-state index in [-0.39, 0.29) is 22.0 Å². The van der Waals surface area contributed by atoms with Crippen LogP contribution in [-0.4, -0.2) is 23.1 Å². The van der Waals surface area contributed by atoms with Crippen LogP contribution in [0.4, 0.5) is 0 Å². The van der Waals surface area contributed by atoms with Crippen LogP contribution >= 0.6 is 78.3 Å². The molecule has 0 spiro atoms. The number of carbonyl (C=O) groups is 2. The fourth-order valence-corrected chi connectivity index (χ4v) is 6.53. The topological polar surface area (TPSA) is 83.5 Å². The number of hydrazone groups is 1. The van der Waals surface area contributed by atoms with Crippen LogP contribution in [0, 0.1) is 0 Å². The summed E-state index contributed by atoms with van der Waals surface area (Å²) in [5, 5.41) is 6.15. The molecule has 0 unspecified atom stereocenters. The number of aromatic amines is 1. The summed E-state index contributed by atoms with van der Waals surface area (Å²) in [5.74, 6) is -1.06. The number of benzene rings is 4. The molecule has 5 aromatic rings. The lowest BCUT2D eigenvalue weighted by molar-refractivity contribution is 0.0733. The molecule has 12 heteroatoms. The highest BCUT2D eigenvalue weighted by Gasteiger charge is 2.22. The van der Waals surface area contributed by atoms with Crippen molar-refractivity contribution in [3.63, 3.8) is 0 Å². The van der Waals surface area contributed by atoms with Crippen molar-refractivity contribution in [3.05, 3.63) is 119 Å². The summed E-state index contributed by atoms with van der Waals surface area (Å²) in [6, 6.07) is 20.5. The molecule has 0 saturated heterocycles. The lowest BCUT2D eigenvalue weighted by atomic mass is 10.0. The predicted molar refractivity (Wildman–Crippen MR) is 172 cm³/mol. The predicted octanol–water partition coefficient (Wildman–Crippen LogP) is 9.96. The van der Waals surface area contributed by atoms with E-state index in [4.69, 9.17) is 51.1 Å². The average Bonchev–Trinajstić information content (AvgIpc) is 3.30. The molecule has 1 heterocycles. The summed E-state index contributed by atoms with van der Waals surface area (Å²) >= 11 is 31.7. The third kappa shape index (κ3) is 6.48. The number of hydrogen-bond acceptors (Lipinski definition) is 4. The first-order valence-electron chi connectivity index (χ1n) is 11.7. The van der Waals surface area contributed by atoms with Crippen LogP contribution < -0.4 is 10.2 Å². The lowest BCUT2D eigenvalue weighted by Gasteiger charge is -2.11. The van der Waals surface area contributed by atoms with Gasteiger partial charge in [-0.1, -0.05) is 92.7 Å². The number of halogens is 6. The zero-order valence-electron chi connectivity index (χ0n) is 20.4. The Labute approximate surface area is 270 Å². The number of nitrogens with one attached hydrogen (secondary N) is 2. The van der Waals surface area contributed by atoms with Gasteiger partial charge in [-0.05, 0) is 64.0 Å². The summed E-state index contributed by atoms with van der Waals surface area (Å²) in [4.78, 5) is 29.4. The molecule has 0 bridgehead atoms. The molecule has 0 aliphatic carbocycles. The molecule has 2 N–H and O–H groups in total. The first kappa shape index (κ1) is 29.6. The Kier molecular flexibility index (Phi) is 9.09. The van der Waals surface area contributed by atoms with Crippen molar-refractivity contribution in [1.82, 2.24) is 10.4 Å². The molecule has 6 nitrogen and oxygen atoms in total. The van der Waals surface area contributed by atoms with Crippen molar-refractivity contribution in [2.75, 3.05) is 0 Å². The second kappa shape index (κ2) is 12.6. The number of esters is 1. The van der Waals surface area contributed by atoms with Crippen molar-refractivity contribution in [2.24, 2.45) is 5.10 Å². The van der Waals surface area contributed by atoms with Crippen LogP contribution in [-0.2, 0) is 0 Å². The highest BCUT2D eigenvalue weighted by molar-refractivity contribution is 9.11. The van der Waals surface area contributed by atoms with Gasteiger partial charge in [0.15, 0.2) is 5.75 Å².